The highest BCUT2D eigenvalue weighted by atomic mass is 16.2. The second-order valence-corrected chi connectivity index (χ2v) is 8.28. The Morgan fingerprint density at radius 1 is 1.15 bits per heavy atom. The van der Waals surface area contributed by atoms with E-state index < -0.39 is 0 Å². The van der Waals surface area contributed by atoms with Crippen LogP contribution >= 0.6 is 0 Å². The van der Waals surface area contributed by atoms with Crippen LogP contribution < -0.4 is 21.5 Å². The van der Waals surface area contributed by atoms with E-state index in [9.17, 15) is 9.59 Å². The highest BCUT2D eigenvalue weighted by Crippen LogP contribution is 2.23. The first kappa shape index (κ1) is 20.7. The molecule has 3 N–H and O–H groups in total. The van der Waals surface area contributed by atoms with Gasteiger partial charge < -0.3 is 16.0 Å². The molecule has 33 heavy (non-hydrogen) atoms. The largest absolute Gasteiger partial charge is 0.373 e. The average Bonchev–Trinajstić information content (AvgIpc) is 3.38. The van der Waals surface area contributed by atoms with Gasteiger partial charge in [-0.25, -0.2) is 4.98 Å². The van der Waals surface area contributed by atoms with Crippen LogP contribution in [0.4, 0.5) is 17.3 Å². The van der Waals surface area contributed by atoms with E-state index in [0.717, 1.165) is 24.8 Å². The van der Waals surface area contributed by atoms with Crippen molar-refractivity contribution in [3.05, 3.63) is 58.4 Å². The van der Waals surface area contributed by atoms with Crippen LogP contribution in [0.2, 0.25) is 0 Å². The maximum atomic E-state index is 13.2. The monoisotopic (exact) mass is 447 g/mol. The molecule has 0 radical (unpaired) electrons. The molecular weight excluding hydrogens is 422 g/mol. The topological polar surface area (TPSA) is 123 Å². The number of hydrogen-bond donors (Lipinski definition) is 3. The number of aryl methyl sites for hydroxylation is 2. The van der Waals surface area contributed by atoms with Crippen molar-refractivity contribution >= 4 is 28.9 Å². The molecule has 1 fully saturated rings. The van der Waals surface area contributed by atoms with E-state index in [-0.39, 0.29) is 17.5 Å². The lowest BCUT2D eigenvalue weighted by atomic mass is 9.93. The molecule has 1 aliphatic rings. The number of nitrogens with one attached hydrogen (secondary N) is 3. The van der Waals surface area contributed by atoms with E-state index in [2.05, 4.69) is 31.1 Å². The molecule has 0 aliphatic heterocycles. The van der Waals surface area contributed by atoms with Crippen LogP contribution in [-0.2, 0) is 7.05 Å². The molecule has 0 atom stereocenters. The second kappa shape index (κ2) is 8.08. The predicted molar refractivity (Wildman–Crippen MR) is 124 cm³/mol. The molecule has 0 spiro atoms. The average molecular weight is 448 g/mol. The van der Waals surface area contributed by atoms with Crippen molar-refractivity contribution in [3.8, 4) is 5.69 Å². The van der Waals surface area contributed by atoms with Crippen LogP contribution in [0, 0.1) is 6.92 Å². The number of rotatable bonds is 6. The van der Waals surface area contributed by atoms with Crippen molar-refractivity contribution < 1.29 is 4.79 Å². The van der Waals surface area contributed by atoms with Gasteiger partial charge >= 0.3 is 0 Å². The molecule has 5 rings (SSSR count). The van der Waals surface area contributed by atoms with Gasteiger partial charge in [-0.05, 0) is 37.8 Å². The van der Waals surface area contributed by atoms with Crippen LogP contribution in [0.1, 0.15) is 35.2 Å². The molecule has 4 aromatic rings. The number of carbonyl (C=O) groups excluding carboxylic acids is 1. The highest BCUT2D eigenvalue weighted by Gasteiger charge is 2.23. The van der Waals surface area contributed by atoms with Gasteiger partial charge in [0.05, 0.1) is 18.1 Å². The third-order valence-electron chi connectivity index (χ3n) is 5.80. The lowest BCUT2D eigenvalue weighted by Crippen LogP contribution is -2.39. The first-order valence-corrected chi connectivity index (χ1v) is 10.8. The molecule has 0 bridgehead atoms. The molecule has 0 saturated heterocycles. The van der Waals surface area contributed by atoms with Crippen molar-refractivity contribution in [2.75, 3.05) is 17.7 Å². The molecule has 1 aliphatic carbocycles. The van der Waals surface area contributed by atoms with Crippen molar-refractivity contribution in [2.24, 2.45) is 7.05 Å². The fourth-order valence-electron chi connectivity index (χ4n) is 3.85. The number of fused-ring (bicyclic) bond motifs is 1. The molecule has 1 amide bonds. The fraction of sp³-hybridized carbons (Fsp3) is 0.318. The Labute approximate surface area is 189 Å². The van der Waals surface area contributed by atoms with Crippen molar-refractivity contribution in [1.82, 2.24) is 34.3 Å². The van der Waals surface area contributed by atoms with E-state index in [0.29, 0.717) is 34.2 Å². The minimum atomic E-state index is -0.238. The van der Waals surface area contributed by atoms with Gasteiger partial charge in [0, 0.05) is 38.6 Å². The molecule has 4 heterocycles. The summed E-state index contributed by atoms with van der Waals surface area (Å²) >= 11 is 0. The van der Waals surface area contributed by atoms with E-state index in [1.807, 2.05) is 6.92 Å². The number of amides is 1. The number of aromatic nitrogens is 6. The number of carbonyl (C=O) groups is 1. The molecule has 11 heteroatoms. The zero-order valence-corrected chi connectivity index (χ0v) is 18.7. The summed E-state index contributed by atoms with van der Waals surface area (Å²) in [6, 6.07) is 3.71. The second-order valence-electron chi connectivity index (χ2n) is 8.28. The Kier molecular flexibility index (Phi) is 5.08. The van der Waals surface area contributed by atoms with Gasteiger partial charge in [-0.1, -0.05) is 0 Å². The van der Waals surface area contributed by atoms with E-state index in [1.54, 1.807) is 58.6 Å². The Balaban J connectivity index is 1.54. The van der Waals surface area contributed by atoms with Crippen molar-refractivity contribution in [2.45, 2.75) is 32.2 Å². The summed E-state index contributed by atoms with van der Waals surface area (Å²) in [5.41, 5.74) is 2.47. The van der Waals surface area contributed by atoms with Crippen molar-refractivity contribution in [3.63, 3.8) is 0 Å². The lowest BCUT2D eigenvalue weighted by molar-refractivity contribution is 0.0918. The van der Waals surface area contributed by atoms with Gasteiger partial charge in [-0.2, -0.15) is 14.7 Å². The van der Waals surface area contributed by atoms with Crippen LogP contribution in [0.5, 0.6) is 0 Å². The summed E-state index contributed by atoms with van der Waals surface area (Å²) in [6.45, 7) is 1.91. The maximum absolute atomic E-state index is 13.2. The minimum absolute atomic E-state index is 0.198. The minimum Gasteiger partial charge on any atom is -0.373 e. The third-order valence-corrected chi connectivity index (χ3v) is 5.80. The third kappa shape index (κ3) is 3.81. The van der Waals surface area contributed by atoms with E-state index in [4.69, 9.17) is 0 Å². The molecule has 11 nitrogen and oxygen atoms in total. The first-order valence-electron chi connectivity index (χ1n) is 10.8. The lowest BCUT2D eigenvalue weighted by Gasteiger charge is -2.26. The van der Waals surface area contributed by atoms with Crippen LogP contribution in [0.15, 0.2) is 41.7 Å². The number of hydrogen-bond acceptors (Lipinski definition) is 7. The molecule has 4 aromatic heterocycles. The van der Waals surface area contributed by atoms with Crippen LogP contribution in [0.3, 0.4) is 0 Å². The summed E-state index contributed by atoms with van der Waals surface area (Å²) in [6.07, 6.45) is 9.79. The van der Waals surface area contributed by atoms with Gasteiger partial charge in [0.1, 0.15) is 22.9 Å². The van der Waals surface area contributed by atoms with Gasteiger partial charge in [0.25, 0.3) is 11.5 Å². The SMILES string of the molecule is CNc1cc(Nc2cc(C)cn(-c3cnn(C)c3)c2=O)nc2c(C(=O)NC3CCC3)cnn12. The zero-order chi connectivity index (χ0) is 23.1. The maximum Gasteiger partial charge on any atom is 0.278 e. The summed E-state index contributed by atoms with van der Waals surface area (Å²) < 4.78 is 4.76. The molecule has 0 unspecified atom stereocenters. The van der Waals surface area contributed by atoms with Crippen LogP contribution in [0.25, 0.3) is 11.3 Å². The highest BCUT2D eigenvalue weighted by molar-refractivity contribution is 6.00. The normalized spacial score (nSPS) is 13.7. The molecular formula is C22H25N9O2. The van der Waals surface area contributed by atoms with E-state index in [1.165, 1.54) is 6.20 Å². The Morgan fingerprint density at radius 3 is 2.64 bits per heavy atom. The predicted octanol–water partition coefficient (Wildman–Crippen LogP) is 1.99. The molecule has 0 aromatic carbocycles. The first-order chi connectivity index (χ1) is 15.9. The molecule has 170 valence electrons. The number of pyridine rings is 1. The summed E-state index contributed by atoms with van der Waals surface area (Å²) in [4.78, 5) is 30.6. The summed E-state index contributed by atoms with van der Waals surface area (Å²) in [5, 5.41) is 17.7. The van der Waals surface area contributed by atoms with Gasteiger partial charge in [0.2, 0.25) is 0 Å². The standard InChI is InChI=1S/C22H25N9O2/c1-13-7-17(22(33)30(11-13)15-9-24-29(3)12-15)27-18-8-19(23-2)31-20(28-18)16(10-25-31)21(32)26-14-5-4-6-14/h7-12,14,23H,4-6H2,1-3H3,(H,26,32)(H,27,28). The Hall–Kier alpha value is -4.15. The van der Waals surface area contributed by atoms with Gasteiger partial charge in [-0.3, -0.25) is 18.8 Å². The Morgan fingerprint density at radius 2 is 1.97 bits per heavy atom. The summed E-state index contributed by atoms with van der Waals surface area (Å²) in [7, 11) is 3.56. The number of anilines is 3. The number of nitrogens with zero attached hydrogens (tertiary/aromatic N) is 6. The van der Waals surface area contributed by atoms with Gasteiger partial charge in [-0.15, -0.1) is 0 Å². The van der Waals surface area contributed by atoms with E-state index >= 15 is 0 Å². The fourth-order valence-corrected chi connectivity index (χ4v) is 3.85. The smallest absolute Gasteiger partial charge is 0.278 e. The summed E-state index contributed by atoms with van der Waals surface area (Å²) in [5.74, 6) is 0.854. The van der Waals surface area contributed by atoms with Crippen LogP contribution in [-0.4, -0.2) is 47.9 Å². The van der Waals surface area contributed by atoms with Crippen molar-refractivity contribution in [1.29, 1.82) is 0 Å². The Bertz CT molecular complexity index is 1410. The molecule has 1 saturated carbocycles. The van der Waals surface area contributed by atoms with Gasteiger partial charge in [0.15, 0.2) is 5.65 Å². The quantitative estimate of drug-likeness (QED) is 0.413. The zero-order valence-electron chi connectivity index (χ0n) is 18.7.